The summed E-state index contributed by atoms with van der Waals surface area (Å²) in [6.45, 7) is 2.69. The Morgan fingerprint density at radius 1 is 1.13 bits per heavy atom. The van der Waals surface area contributed by atoms with Crippen molar-refractivity contribution >= 4 is 17.7 Å². The molecule has 2 aromatic rings. The Hall–Kier alpha value is -2.20. The molecule has 4 nitrogen and oxygen atoms in total. The van der Waals surface area contributed by atoms with Crippen LogP contribution in [-0.4, -0.2) is 18.8 Å². The fourth-order valence-corrected chi connectivity index (χ4v) is 2.04. The van der Waals surface area contributed by atoms with Gasteiger partial charge in [-0.2, -0.15) is 0 Å². The van der Waals surface area contributed by atoms with Gasteiger partial charge < -0.3 is 14.8 Å². The molecule has 0 bridgehead atoms. The zero-order chi connectivity index (χ0) is 16.5. The molecule has 5 heteroatoms. The first-order valence-electron chi connectivity index (χ1n) is 7.54. The largest absolute Gasteiger partial charge is 0.490 e. The Kier molecular flexibility index (Phi) is 6.76. The van der Waals surface area contributed by atoms with Crippen molar-refractivity contribution in [1.29, 1.82) is 0 Å². The molecule has 0 spiro atoms. The zero-order valence-electron chi connectivity index (χ0n) is 13.0. The molecule has 0 aromatic heterocycles. The first-order valence-corrected chi connectivity index (χ1v) is 7.92. The van der Waals surface area contributed by atoms with Gasteiger partial charge in [0.1, 0.15) is 18.5 Å². The Bertz CT molecular complexity index is 601. The minimum absolute atomic E-state index is 0.302. The average Bonchev–Trinajstić information content (AvgIpc) is 2.59. The van der Waals surface area contributed by atoms with E-state index in [9.17, 15) is 4.79 Å². The van der Waals surface area contributed by atoms with Gasteiger partial charge in [-0.15, -0.1) is 0 Å². The number of hydrogen-bond donors (Lipinski definition) is 1. The highest BCUT2D eigenvalue weighted by atomic mass is 35.5. The van der Waals surface area contributed by atoms with E-state index in [1.807, 2.05) is 37.3 Å². The molecule has 1 unspecified atom stereocenters. The molecular formula is C18H20ClNO3. The van der Waals surface area contributed by atoms with Crippen molar-refractivity contribution in [2.24, 2.45) is 0 Å². The molecule has 1 atom stereocenters. The second-order valence-corrected chi connectivity index (χ2v) is 5.48. The quantitative estimate of drug-likeness (QED) is 0.815. The van der Waals surface area contributed by atoms with Crippen LogP contribution in [0, 0.1) is 0 Å². The topological polar surface area (TPSA) is 47.6 Å². The van der Waals surface area contributed by atoms with Gasteiger partial charge in [-0.1, -0.05) is 48.9 Å². The average molecular weight is 334 g/mol. The molecule has 0 saturated carbocycles. The first kappa shape index (κ1) is 17.2. The molecule has 1 N–H and O–H groups in total. The van der Waals surface area contributed by atoms with Crippen LogP contribution in [0.2, 0.25) is 5.02 Å². The highest BCUT2D eigenvalue weighted by Gasteiger charge is 2.13. The van der Waals surface area contributed by atoms with Crippen LogP contribution in [0.1, 0.15) is 18.9 Å². The fraction of sp³-hybridized carbons (Fsp3) is 0.278. The number of ether oxygens (including phenoxy) is 2. The minimum atomic E-state index is -0.444. The van der Waals surface area contributed by atoms with Crippen LogP contribution in [0.25, 0.3) is 0 Å². The van der Waals surface area contributed by atoms with Gasteiger partial charge in [0.05, 0.1) is 0 Å². The van der Waals surface area contributed by atoms with E-state index in [1.54, 1.807) is 24.3 Å². The molecule has 1 amide bonds. The van der Waals surface area contributed by atoms with E-state index in [-0.39, 0.29) is 6.10 Å². The summed E-state index contributed by atoms with van der Waals surface area (Å²) in [7, 11) is 0. The molecule has 0 aliphatic rings. The maximum Gasteiger partial charge on any atom is 0.407 e. The summed E-state index contributed by atoms with van der Waals surface area (Å²) in [6.07, 6.45) is -0.0753. The van der Waals surface area contributed by atoms with Crippen LogP contribution >= 0.6 is 11.6 Å². The predicted octanol–water partition coefficient (Wildman–Crippen LogP) is 4.42. The number of hydrogen-bond acceptors (Lipinski definition) is 3. The molecular weight excluding hydrogens is 314 g/mol. The lowest BCUT2D eigenvalue weighted by Crippen LogP contribution is -2.31. The van der Waals surface area contributed by atoms with Gasteiger partial charge in [0, 0.05) is 11.6 Å². The number of nitrogens with one attached hydrogen (secondary N) is 1. The Labute approximate surface area is 141 Å². The summed E-state index contributed by atoms with van der Waals surface area (Å²) in [4.78, 5) is 11.8. The lowest BCUT2D eigenvalue weighted by Gasteiger charge is -2.17. The summed E-state index contributed by atoms with van der Waals surface area (Å²) in [6, 6.07) is 16.8. The zero-order valence-corrected chi connectivity index (χ0v) is 13.8. The molecule has 2 aromatic carbocycles. The number of rotatable bonds is 7. The van der Waals surface area contributed by atoms with Crippen LogP contribution in [0.3, 0.4) is 0 Å². The Morgan fingerprint density at radius 3 is 2.48 bits per heavy atom. The smallest absolute Gasteiger partial charge is 0.407 e. The molecule has 0 aliphatic heterocycles. The van der Waals surface area contributed by atoms with E-state index in [1.165, 1.54) is 0 Å². The maximum absolute atomic E-state index is 11.8. The second-order valence-electron chi connectivity index (χ2n) is 5.04. The van der Waals surface area contributed by atoms with E-state index >= 15 is 0 Å². The van der Waals surface area contributed by atoms with Gasteiger partial charge in [0.25, 0.3) is 0 Å². The van der Waals surface area contributed by atoms with Crippen molar-refractivity contribution in [2.75, 3.05) is 6.61 Å². The molecule has 0 saturated heterocycles. The third-order valence-corrected chi connectivity index (χ3v) is 3.51. The van der Waals surface area contributed by atoms with Crippen molar-refractivity contribution in [3.05, 3.63) is 65.2 Å². The predicted molar refractivity (Wildman–Crippen MR) is 90.8 cm³/mol. The van der Waals surface area contributed by atoms with Gasteiger partial charge in [-0.25, -0.2) is 4.79 Å². The van der Waals surface area contributed by atoms with Crippen LogP contribution in [-0.2, 0) is 11.3 Å². The number of carbonyl (C=O) groups is 1. The monoisotopic (exact) mass is 333 g/mol. The number of alkyl carbamates (subject to hydrolysis) is 1. The number of benzene rings is 2. The molecule has 0 heterocycles. The minimum Gasteiger partial charge on any atom is -0.490 e. The third-order valence-electron chi connectivity index (χ3n) is 3.26. The van der Waals surface area contributed by atoms with Crippen molar-refractivity contribution in [1.82, 2.24) is 5.32 Å². The lowest BCUT2D eigenvalue weighted by molar-refractivity contribution is 0.0626. The van der Waals surface area contributed by atoms with Crippen molar-refractivity contribution in [2.45, 2.75) is 26.0 Å². The van der Waals surface area contributed by atoms with Gasteiger partial charge in [-0.3, -0.25) is 0 Å². The number of carbonyl (C=O) groups excluding carboxylic acids is 1. The van der Waals surface area contributed by atoms with Gasteiger partial charge in [0.15, 0.2) is 0 Å². The van der Waals surface area contributed by atoms with E-state index in [0.717, 1.165) is 5.56 Å². The van der Waals surface area contributed by atoms with Crippen molar-refractivity contribution < 1.29 is 14.3 Å². The van der Waals surface area contributed by atoms with E-state index in [4.69, 9.17) is 21.1 Å². The molecule has 0 fully saturated rings. The van der Waals surface area contributed by atoms with Gasteiger partial charge >= 0.3 is 6.09 Å². The van der Waals surface area contributed by atoms with Gasteiger partial charge in [-0.05, 0) is 36.2 Å². The van der Waals surface area contributed by atoms with Crippen LogP contribution < -0.4 is 10.1 Å². The molecule has 23 heavy (non-hydrogen) atoms. The lowest BCUT2D eigenvalue weighted by atomic mass is 10.2. The van der Waals surface area contributed by atoms with Crippen LogP contribution in [0.5, 0.6) is 5.75 Å². The molecule has 0 aliphatic carbocycles. The number of amides is 1. The van der Waals surface area contributed by atoms with Crippen LogP contribution in [0.4, 0.5) is 4.79 Å². The van der Waals surface area contributed by atoms with Crippen molar-refractivity contribution in [3.8, 4) is 5.75 Å². The second kappa shape index (κ2) is 9.06. The maximum atomic E-state index is 11.8. The number of halogens is 1. The van der Waals surface area contributed by atoms with E-state index < -0.39 is 6.09 Å². The SMILES string of the molecule is CCC(COc1ccc(Cl)cc1)OC(=O)NCc1ccccc1. The summed E-state index contributed by atoms with van der Waals surface area (Å²) < 4.78 is 11.0. The standard InChI is InChI=1S/C18H20ClNO3/c1-2-16(13-22-17-10-8-15(19)9-11-17)23-18(21)20-12-14-6-4-3-5-7-14/h3-11,16H,2,12-13H2,1H3,(H,20,21). The summed E-state index contributed by atoms with van der Waals surface area (Å²) >= 11 is 5.82. The fourth-order valence-electron chi connectivity index (χ4n) is 1.92. The van der Waals surface area contributed by atoms with Crippen LogP contribution in [0.15, 0.2) is 54.6 Å². The third kappa shape index (κ3) is 6.20. The van der Waals surface area contributed by atoms with Gasteiger partial charge in [0.2, 0.25) is 0 Å². The normalized spacial score (nSPS) is 11.6. The Balaban J connectivity index is 1.74. The van der Waals surface area contributed by atoms with E-state index in [2.05, 4.69) is 5.32 Å². The van der Waals surface area contributed by atoms with Crippen molar-refractivity contribution in [3.63, 3.8) is 0 Å². The van der Waals surface area contributed by atoms with E-state index in [0.29, 0.717) is 30.3 Å². The summed E-state index contributed by atoms with van der Waals surface area (Å²) in [5, 5.41) is 3.39. The summed E-state index contributed by atoms with van der Waals surface area (Å²) in [5.41, 5.74) is 1.02. The first-order chi connectivity index (χ1) is 11.2. The molecule has 2 rings (SSSR count). The molecule has 122 valence electrons. The highest BCUT2D eigenvalue weighted by molar-refractivity contribution is 6.30. The summed E-state index contributed by atoms with van der Waals surface area (Å²) in [5.74, 6) is 0.696. The Morgan fingerprint density at radius 2 is 1.83 bits per heavy atom. The highest BCUT2D eigenvalue weighted by Crippen LogP contribution is 2.16. The molecule has 0 radical (unpaired) electrons.